The van der Waals surface area contributed by atoms with E-state index in [4.69, 9.17) is 0 Å². The number of allylic oxidation sites excluding steroid dienone is 4. The molecule has 1 rings (SSSR count). The van der Waals surface area contributed by atoms with Crippen LogP contribution in [0.1, 0.15) is 44.7 Å². The van der Waals surface area contributed by atoms with E-state index in [1.54, 1.807) is 0 Å². The molecule has 98 valence electrons. The Bertz CT molecular complexity index is 406. The molecule has 0 heterocycles. The fourth-order valence-corrected chi connectivity index (χ4v) is 2.26. The fourth-order valence-electron chi connectivity index (χ4n) is 1.75. The van der Waals surface area contributed by atoms with Crippen LogP contribution in [0.15, 0.2) is 47.6 Å². The predicted octanol–water partition coefficient (Wildman–Crippen LogP) is 5.86. The number of hydrogen-bond acceptors (Lipinski definition) is 0. The molecule has 0 nitrogen and oxygen atoms in total. The van der Waals surface area contributed by atoms with Crippen LogP contribution in [0.25, 0.3) is 0 Å². The predicted molar refractivity (Wildman–Crippen MR) is 90.3 cm³/mol. The molecule has 0 fully saturated rings. The summed E-state index contributed by atoms with van der Waals surface area (Å²) < 4.78 is 1.09. The van der Waals surface area contributed by atoms with Crippen molar-refractivity contribution in [1.29, 1.82) is 0 Å². The van der Waals surface area contributed by atoms with Crippen LogP contribution in [0.5, 0.6) is 0 Å². The molecule has 0 spiro atoms. The summed E-state index contributed by atoms with van der Waals surface area (Å²) in [4.78, 5) is 0. The Morgan fingerprint density at radius 1 is 1.00 bits per heavy atom. The van der Waals surface area contributed by atoms with Gasteiger partial charge in [0.1, 0.15) is 0 Å². The van der Waals surface area contributed by atoms with Crippen molar-refractivity contribution < 1.29 is 0 Å². The van der Waals surface area contributed by atoms with Gasteiger partial charge in [-0.3, -0.25) is 0 Å². The highest BCUT2D eigenvalue weighted by Crippen LogP contribution is 2.12. The van der Waals surface area contributed by atoms with Crippen molar-refractivity contribution >= 4 is 22.6 Å². The van der Waals surface area contributed by atoms with E-state index in [1.807, 2.05) is 0 Å². The third-order valence-corrected chi connectivity index (χ3v) is 3.84. The van der Waals surface area contributed by atoms with Crippen LogP contribution < -0.4 is 0 Å². The van der Waals surface area contributed by atoms with Gasteiger partial charge in [0.15, 0.2) is 0 Å². The van der Waals surface area contributed by atoms with Crippen molar-refractivity contribution in [3.8, 4) is 0 Å². The molecule has 0 N–H and O–H groups in total. The molecule has 18 heavy (non-hydrogen) atoms. The van der Waals surface area contributed by atoms with Crippen LogP contribution in [-0.2, 0) is 10.8 Å². The normalized spacial score (nSPS) is 11.4. The van der Waals surface area contributed by atoms with Crippen molar-refractivity contribution in [2.24, 2.45) is 0 Å². The highest BCUT2D eigenvalue weighted by molar-refractivity contribution is 14.1. The maximum atomic E-state index is 2.40. The molecule has 0 radical (unpaired) electrons. The van der Waals surface area contributed by atoms with Crippen LogP contribution in [0.2, 0.25) is 0 Å². The minimum absolute atomic E-state index is 1.06. The molecule has 1 heteroatoms. The summed E-state index contributed by atoms with van der Waals surface area (Å²) >= 11 is 2.40. The fraction of sp³-hybridized carbons (Fsp3) is 0.412. The molecule has 0 amide bonds. The van der Waals surface area contributed by atoms with Gasteiger partial charge in [0.2, 0.25) is 0 Å². The van der Waals surface area contributed by atoms with Crippen molar-refractivity contribution in [3.05, 3.63) is 58.7 Å². The summed E-state index contributed by atoms with van der Waals surface area (Å²) in [6, 6.07) is 8.95. The minimum atomic E-state index is 1.06. The number of benzene rings is 1. The van der Waals surface area contributed by atoms with Gasteiger partial charge in [-0.2, -0.15) is 0 Å². The second-order valence-corrected chi connectivity index (χ2v) is 5.79. The zero-order chi connectivity index (χ0) is 13.4. The van der Waals surface area contributed by atoms with Crippen LogP contribution >= 0.6 is 22.6 Å². The molecule has 0 unspecified atom stereocenters. The lowest BCUT2D eigenvalue weighted by Gasteiger charge is -2.02. The third kappa shape index (κ3) is 6.39. The number of halogens is 1. The summed E-state index contributed by atoms with van der Waals surface area (Å²) in [5, 5.41) is 0. The van der Waals surface area contributed by atoms with Crippen LogP contribution in [0.4, 0.5) is 0 Å². The van der Waals surface area contributed by atoms with E-state index in [-0.39, 0.29) is 0 Å². The first-order chi connectivity index (χ1) is 8.61. The first kappa shape index (κ1) is 15.5. The van der Waals surface area contributed by atoms with E-state index < -0.39 is 0 Å². The maximum Gasteiger partial charge on any atom is 0.0247 e. The largest absolute Gasteiger partial charge is 0.0856 e. The Kier molecular flexibility index (Phi) is 7.33. The van der Waals surface area contributed by atoms with Crippen LogP contribution in [0.3, 0.4) is 0 Å². The van der Waals surface area contributed by atoms with Gasteiger partial charge in [0.05, 0.1) is 0 Å². The van der Waals surface area contributed by atoms with E-state index in [0.29, 0.717) is 0 Å². The standard InChI is InChI=1S/C17H23I/c1-14(2)5-4-6-15(3)7-8-16-9-11-17(13-18)12-10-16/h5,7,9-12H,4,6,8,13H2,1-3H3. The van der Waals surface area contributed by atoms with E-state index >= 15 is 0 Å². The Labute approximate surface area is 125 Å². The van der Waals surface area contributed by atoms with Gasteiger partial charge < -0.3 is 0 Å². The molecular formula is C17H23I. The Hall–Kier alpha value is -0.570. The highest BCUT2D eigenvalue weighted by atomic mass is 127. The molecule has 0 saturated heterocycles. The van der Waals surface area contributed by atoms with Gasteiger partial charge in [-0.15, -0.1) is 0 Å². The Morgan fingerprint density at radius 3 is 2.17 bits per heavy atom. The molecule has 1 aromatic carbocycles. The quantitative estimate of drug-likeness (QED) is 0.341. The smallest absolute Gasteiger partial charge is 0.0247 e. The molecule has 0 bridgehead atoms. The zero-order valence-corrected chi connectivity index (χ0v) is 13.8. The number of hydrogen-bond donors (Lipinski definition) is 0. The van der Waals surface area contributed by atoms with Gasteiger partial charge in [-0.1, -0.05) is 70.2 Å². The van der Waals surface area contributed by atoms with Crippen molar-refractivity contribution in [1.82, 2.24) is 0 Å². The first-order valence-electron chi connectivity index (χ1n) is 6.54. The summed E-state index contributed by atoms with van der Waals surface area (Å²) in [6.07, 6.45) is 8.07. The summed E-state index contributed by atoms with van der Waals surface area (Å²) in [6.45, 7) is 6.56. The monoisotopic (exact) mass is 354 g/mol. The van der Waals surface area contributed by atoms with E-state index in [1.165, 1.54) is 35.1 Å². The average molecular weight is 354 g/mol. The molecule has 0 aliphatic rings. The first-order valence-corrected chi connectivity index (χ1v) is 8.07. The van der Waals surface area contributed by atoms with Crippen molar-refractivity contribution in [3.63, 3.8) is 0 Å². The number of rotatable bonds is 6. The van der Waals surface area contributed by atoms with Crippen LogP contribution in [0, 0.1) is 0 Å². The average Bonchev–Trinajstić information content (AvgIpc) is 2.36. The van der Waals surface area contributed by atoms with E-state index in [2.05, 4.69) is 79.8 Å². The lowest BCUT2D eigenvalue weighted by Crippen LogP contribution is -1.85. The molecule has 0 saturated carbocycles. The topological polar surface area (TPSA) is 0 Å². The molecule has 0 aliphatic carbocycles. The summed E-state index contributed by atoms with van der Waals surface area (Å²) in [5.41, 5.74) is 5.72. The van der Waals surface area contributed by atoms with Gasteiger partial charge in [0.25, 0.3) is 0 Å². The zero-order valence-electron chi connectivity index (χ0n) is 11.7. The second kappa shape index (κ2) is 8.52. The summed E-state index contributed by atoms with van der Waals surface area (Å²) in [5.74, 6) is 0. The SMILES string of the molecule is CC(C)=CCCC(C)=CCc1ccc(CI)cc1. The Balaban J connectivity index is 2.44. The van der Waals surface area contributed by atoms with Gasteiger partial charge in [-0.05, 0) is 51.2 Å². The third-order valence-electron chi connectivity index (χ3n) is 2.95. The molecule has 1 aromatic rings. The lowest BCUT2D eigenvalue weighted by molar-refractivity contribution is 0.955. The van der Waals surface area contributed by atoms with Gasteiger partial charge >= 0.3 is 0 Å². The molecule has 0 aromatic heterocycles. The van der Waals surface area contributed by atoms with E-state index in [9.17, 15) is 0 Å². The van der Waals surface area contributed by atoms with Crippen molar-refractivity contribution in [2.45, 2.75) is 44.5 Å². The molecule has 0 aliphatic heterocycles. The molecular weight excluding hydrogens is 331 g/mol. The van der Waals surface area contributed by atoms with E-state index in [0.717, 1.165) is 10.8 Å². The molecule has 0 atom stereocenters. The van der Waals surface area contributed by atoms with Gasteiger partial charge in [0, 0.05) is 4.43 Å². The second-order valence-electron chi connectivity index (χ2n) is 5.02. The van der Waals surface area contributed by atoms with Gasteiger partial charge in [-0.25, -0.2) is 0 Å². The Morgan fingerprint density at radius 2 is 1.61 bits per heavy atom. The minimum Gasteiger partial charge on any atom is -0.0856 e. The highest BCUT2D eigenvalue weighted by Gasteiger charge is 1.93. The number of alkyl halides is 1. The maximum absolute atomic E-state index is 2.40. The summed E-state index contributed by atoms with van der Waals surface area (Å²) in [7, 11) is 0. The lowest BCUT2D eigenvalue weighted by atomic mass is 10.1. The van der Waals surface area contributed by atoms with Crippen molar-refractivity contribution in [2.75, 3.05) is 0 Å². The van der Waals surface area contributed by atoms with Crippen LogP contribution in [-0.4, -0.2) is 0 Å².